The third kappa shape index (κ3) is 3.58. The van der Waals surface area contributed by atoms with Crippen LogP contribution in [-0.4, -0.2) is 23.1 Å². The van der Waals surface area contributed by atoms with E-state index in [1.807, 2.05) is 11.8 Å². The minimum absolute atomic E-state index is 1.00. The molecule has 0 unspecified atom stereocenters. The number of hydrogen-bond acceptors (Lipinski definition) is 2. The molecule has 0 aliphatic heterocycles. The second-order valence-electron chi connectivity index (χ2n) is 3.98. The third-order valence-electron chi connectivity index (χ3n) is 2.90. The van der Waals surface area contributed by atoms with Crippen LogP contribution in [0.15, 0.2) is 6.07 Å². The Bertz CT molecular complexity index is 305. The van der Waals surface area contributed by atoms with Crippen molar-refractivity contribution in [1.29, 1.82) is 0 Å². The first-order valence-corrected chi connectivity index (χ1v) is 6.87. The van der Waals surface area contributed by atoms with Crippen molar-refractivity contribution in [3.05, 3.63) is 23.0 Å². The summed E-state index contributed by atoms with van der Waals surface area (Å²) in [5.74, 6) is 1.25. The van der Waals surface area contributed by atoms with E-state index < -0.39 is 0 Å². The average Bonchev–Trinajstić information content (AvgIpc) is 2.46. The monoisotopic (exact) mass is 226 g/mol. The van der Waals surface area contributed by atoms with Gasteiger partial charge in [-0.1, -0.05) is 0 Å². The lowest BCUT2D eigenvalue weighted by Crippen LogP contribution is -2.15. The molecule has 0 spiro atoms. The van der Waals surface area contributed by atoms with Crippen LogP contribution in [0.4, 0.5) is 0 Å². The lowest BCUT2D eigenvalue weighted by atomic mass is 10.2. The summed E-state index contributed by atoms with van der Waals surface area (Å²) in [6, 6.07) is 2.27. The summed E-state index contributed by atoms with van der Waals surface area (Å²) in [4.78, 5) is 0. The lowest BCUT2D eigenvalue weighted by Gasteiger charge is -2.04. The van der Waals surface area contributed by atoms with Crippen molar-refractivity contribution in [2.24, 2.45) is 7.05 Å². The summed E-state index contributed by atoms with van der Waals surface area (Å²) in [6.45, 7) is 6.46. The number of thioether (sulfide) groups is 1. The van der Waals surface area contributed by atoms with Crippen molar-refractivity contribution < 1.29 is 0 Å². The van der Waals surface area contributed by atoms with Gasteiger partial charge < -0.3 is 9.88 Å². The third-order valence-corrected chi connectivity index (χ3v) is 3.59. The number of rotatable bonds is 6. The van der Waals surface area contributed by atoms with Crippen LogP contribution in [0.1, 0.15) is 23.4 Å². The second-order valence-corrected chi connectivity index (χ2v) is 4.96. The summed E-state index contributed by atoms with van der Waals surface area (Å²) in [5.41, 5.74) is 4.15. The Balaban J connectivity index is 2.34. The summed E-state index contributed by atoms with van der Waals surface area (Å²) in [7, 11) is 2.13. The van der Waals surface area contributed by atoms with Gasteiger partial charge in [0.2, 0.25) is 0 Å². The normalized spacial score (nSPS) is 10.9. The number of nitrogens with one attached hydrogen (secondary N) is 1. The van der Waals surface area contributed by atoms with Crippen LogP contribution in [0.2, 0.25) is 0 Å². The maximum absolute atomic E-state index is 3.49. The maximum atomic E-state index is 3.49. The van der Waals surface area contributed by atoms with Crippen LogP contribution < -0.4 is 5.32 Å². The molecule has 1 rings (SSSR count). The van der Waals surface area contributed by atoms with Crippen molar-refractivity contribution in [1.82, 2.24) is 9.88 Å². The molecule has 1 aromatic heterocycles. The van der Waals surface area contributed by atoms with E-state index in [1.54, 1.807) is 0 Å². The van der Waals surface area contributed by atoms with E-state index in [0.29, 0.717) is 0 Å². The quantitative estimate of drug-likeness (QED) is 0.751. The molecule has 0 fully saturated rings. The Labute approximate surface area is 97.4 Å². The van der Waals surface area contributed by atoms with Crippen LogP contribution >= 0.6 is 11.8 Å². The predicted octanol–water partition coefficient (Wildman–Crippen LogP) is 2.48. The molecule has 86 valence electrons. The zero-order chi connectivity index (χ0) is 11.3. The molecule has 0 aliphatic carbocycles. The Kier molecular flexibility index (Phi) is 5.26. The van der Waals surface area contributed by atoms with Gasteiger partial charge in [0, 0.05) is 25.0 Å². The molecule has 0 bridgehead atoms. The maximum Gasteiger partial charge on any atom is 0.0223 e. The van der Waals surface area contributed by atoms with Crippen LogP contribution in [0.3, 0.4) is 0 Å². The highest BCUT2D eigenvalue weighted by atomic mass is 32.2. The molecule has 3 heteroatoms. The summed E-state index contributed by atoms with van der Waals surface area (Å²) in [5, 5.41) is 3.49. The first-order valence-electron chi connectivity index (χ1n) is 5.48. The van der Waals surface area contributed by atoms with Gasteiger partial charge in [-0.15, -0.1) is 0 Å². The molecule has 1 aromatic rings. The van der Waals surface area contributed by atoms with E-state index in [1.165, 1.54) is 29.1 Å². The number of aromatic nitrogens is 1. The number of aryl methyl sites for hydroxylation is 1. The topological polar surface area (TPSA) is 17.0 Å². The van der Waals surface area contributed by atoms with Crippen molar-refractivity contribution in [2.45, 2.75) is 26.8 Å². The molecular weight excluding hydrogens is 204 g/mol. The fourth-order valence-electron chi connectivity index (χ4n) is 1.68. The molecule has 0 amide bonds. The van der Waals surface area contributed by atoms with E-state index in [-0.39, 0.29) is 0 Å². The first kappa shape index (κ1) is 12.7. The van der Waals surface area contributed by atoms with Crippen molar-refractivity contribution in [2.75, 3.05) is 18.6 Å². The van der Waals surface area contributed by atoms with Gasteiger partial charge in [-0.25, -0.2) is 0 Å². The van der Waals surface area contributed by atoms with Gasteiger partial charge in [-0.3, -0.25) is 0 Å². The van der Waals surface area contributed by atoms with E-state index >= 15 is 0 Å². The fraction of sp³-hybridized carbons (Fsp3) is 0.667. The highest BCUT2D eigenvalue weighted by molar-refractivity contribution is 7.98. The summed E-state index contributed by atoms with van der Waals surface area (Å²) < 4.78 is 2.25. The minimum Gasteiger partial charge on any atom is -0.352 e. The molecular formula is C12H22N2S. The highest BCUT2D eigenvalue weighted by Crippen LogP contribution is 2.12. The molecule has 15 heavy (non-hydrogen) atoms. The lowest BCUT2D eigenvalue weighted by molar-refractivity contribution is 0.674. The smallest absolute Gasteiger partial charge is 0.0223 e. The Morgan fingerprint density at radius 1 is 1.40 bits per heavy atom. The van der Waals surface area contributed by atoms with E-state index in [2.05, 4.69) is 43.1 Å². The zero-order valence-corrected chi connectivity index (χ0v) is 11.1. The standard InChI is InChI=1S/C12H22N2S/c1-10-8-12(11(2)14(10)3)9-13-6-5-7-15-4/h8,13H,5-7,9H2,1-4H3. The number of hydrogen-bond donors (Lipinski definition) is 1. The van der Waals surface area contributed by atoms with Crippen LogP contribution in [0, 0.1) is 13.8 Å². The average molecular weight is 226 g/mol. The van der Waals surface area contributed by atoms with Gasteiger partial charge in [-0.05, 0) is 50.5 Å². The molecule has 2 nitrogen and oxygen atoms in total. The summed E-state index contributed by atoms with van der Waals surface area (Å²) in [6.07, 6.45) is 3.41. The molecule has 0 atom stereocenters. The van der Waals surface area contributed by atoms with Crippen molar-refractivity contribution in [3.63, 3.8) is 0 Å². The van der Waals surface area contributed by atoms with Gasteiger partial charge in [0.05, 0.1) is 0 Å². The van der Waals surface area contributed by atoms with Gasteiger partial charge in [-0.2, -0.15) is 11.8 Å². The van der Waals surface area contributed by atoms with E-state index in [9.17, 15) is 0 Å². The molecule has 0 saturated heterocycles. The SMILES string of the molecule is CSCCCNCc1cc(C)n(C)c1C. The van der Waals surface area contributed by atoms with Crippen LogP contribution in [0.5, 0.6) is 0 Å². The Morgan fingerprint density at radius 3 is 2.67 bits per heavy atom. The predicted molar refractivity (Wildman–Crippen MR) is 69.6 cm³/mol. The molecule has 0 aliphatic rings. The van der Waals surface area contributed by atoms with Crippen LogP contribution in [0.25, 0.3) is 0 Å². The second kappa shape index (κ2) is 6.23. The highest BCUT2D eigenvalue weighted by Gasteiger charge is 2.04. The van der Waals surface area contributed by atoms with Gasteiger partial charge >= 0.3 is 0 Å². The molecule has 0 radical (unpaired) electrons. The van der Waals surface area contributed by atoms with Gasteiger partial charge in [0.1, 0.15) is 0 Å². The zero-order valence-electron chi connectivity index (χ0n) is 10.3. The molecule has 1 N–H and O–H groups in total. The minimum atomic E-state index is 1.00. The van der Waals surface area contributed by atoms with Gasteiger partial charge in [0.15, 0.2) is 0 Å². The van der Waals surface area contributed by atoms with Crippen LogP contribution in [-0.2, 0) is 13.6 Å². The molecule has 1 heterocycles. The molecule has 0 saturated carbocycles. The Morgan fingerprint density at radius 2 is 2.13 bits per heavy atom. The van der Waals surface area contributed by atoms with E-state index in [0.717, 1.165) is 13.1 Å². The van der Waals surface area contributed by atoms with Crippen molar-refractivity contribution >= 4 is 11.8 Å². The van der Waals surface area contributed by atoms with E-state index in [4.69, 9.17) is 0 Å². The largest absolute Gasteiger partial charge is 0.352 e. The first-order chi connectivity index (χ1) is 7.16. The fourth-order valence-corrected chi connectivity index (χ4v) is 2.11. The summed E-state index contributed by atoms with van der Waals surface area (Å²) >= 11 is 1.91. The number of nitrogens with zero attached hydrogens (tertiary/aromatic N) is 1. The molecule has 0 aromatic carbocycles. The van der Waals surface area contributed by atoms with Gasteiger partial charge in [0.25, 0.3) is 0 Å². The Hall–Kier alpha value is -0.410. The van der Waals surface area contributed by atoms with Crippen molar-refractivity contribution in [3.8, 4) is 0 Å².